The highest BCUT2D eigenvalue weighted by Gasteiger charge is 2.11. The Hall–Kier alpha value is -2.06. The van der Waals surface area contributed by atoms with Crippen LogP contribution in [0.5, 0.6) is 5.75 Å². The molecule has 108 valence electrons. The normalized spacial score (nSPS) is 15.6. The van der Waals surface area contributed by atoms with Gasteiger partial charge in [-0.3, -0.25) is 4.90 Å². The van der Waals surface area contributed by atoms with Crippen LogP contribution >= 0.6 is 0 Å². The molecule has 2 aromatic carbocycles. The van der Waals surface area contributed by atoms with E-state index in [2.05, 4.69) is 53.5 Å². The van der Waals surface area contributed by atoms with E-state index < -0.39 is 0 Å². The zero-order valence-electron chi connectivity index (χ0n) is 12.2. The first kappa shape index (κ1) is 13.9. The number of hydrogen-bond acceptors (Lipinski definition) is 2. The van der Waals surface area contributed by atoms with Gasteiger partial charge in [0.1, 0.15) is 12.5 Å². The molecule has 0 radical (unpaired) electrons. The summed E-state index contributed by atoms with van der Waals surface area (Å²) in [6.07, 6.45) is 6.85. The number of rotatable bonds is 5. The van der Waals surface area contributed by atoms with Gasteiger partial charge in [-0.25, -0.2) is 0 Å². The quantitative estimate of drug-likeness (QED) is 0.757. The second kappa shape index (κ2) is 7.09. The molecule has 21 heavy (non-hydrogen) atoms. The molecule has 0 atom stereocenters. The molecular weight excluding hydrogens is 258 g/mol. The summed E-state index contributed by atoms with van der Waals surface area (Å²) in [6, 6.07) is 18.6. The van der Waals surface area contributed by atoms with E-state index >= 15 is 0 Å². The minimum Gasteiger partial charge on any atom is -0.478 e. The van der Waals surface area contributed by atoms with Crippen LogP contribution in [0.3, 0.4) is 0 Å². The summed E-state index contributed by atoms with van der Waals surface area (Å²) >= 11 is 0. The number of ether oxygens (including phenoxy) is 1. The van der Waals surface area contributed by atoms with Crippen molar-refractivity contribution in [2.75, 3.05) is 19.8 Å². The van der Waals surface area contributed by atoms with Crippen molar-refractivity contribution in [1.82, 2.24) is 4.90 Å². The standard InChI is InChI=1S/C19H21NO/c1-2-6-17(7-3-1)8-9-18-10-12-19(13-11-18)21-16-20-14-4-5-15-20/h1-3,6-13H,4-5,14-16H2. The van der Waals surface area contributed by atoms with Crippen LogP contribution in [0.25, 0.3) is 12.2 Å². The smallest absolute Gasteiger partial charge is 0.142 e. The van der Waals surface area contributed by atoms with Crippen molar-refractivity contribution >= 4 is 12.2 Å². The number of likely N-dealkylation sites (tertiary alicyclic amines) is 1. The van der Waals surface area contributed by atoms with Crippen molar-refractivity contribution in [3.05, 3.63) is 65.7 Å². The van der Waals surface area contributed by atoms with E-state index in [4.69, 9.17) is 4.74 Å². The Balaban J connectivity index is 1.55. The molecule has 0 spiro atoms. The van der Waals surface area contributed by atoms with E-state index in [1.807, 2.05) is 18.2 Å². The highest BCUT2D eigenvalue weighted by Crippen LogP contribution is 2.16. The molecule has 0 unspecified atom stereocenters. The summed E-state index contributed by atoms with van der Waals surface area (Å²) in [5.41, 5.74) is 2.40. The van der Waals surface area contributed by atoms with Gasteiger partial charge in [-0.05, 0) is 36.1 Å². The molecule has 0 N–H and O–H groups in total. The molecule has 0 saturated carbocycles. The molecule has 0 aliphatic carbocycles. The summed E-state index contributed by atoms with van der Waals surface area (Å²) in [5.74, 6) is 0.943. The predicted octanol–water partition coefficient (Wildman–Crippen LogP) is 4.29. The van der Waals surface area contributed by atoms with Crippen LogP contribution in [0, 0.1) is 0 Å². The van der Waals surface area contributed by atoms with E-state index in [9.17, 15) is 0 Å². The molecule has 0 bridgehead atoms. The Kier molecular flexibility index (Phi) is 4.70. The van der Waals surface area contributed by atoms with Crippen LogP contribution in [-0.4, -0.2) is 24.7 Å². The highest BCUT2D eigenvalue weighted by molar-refractivity contribution is 5.69. The maximum absolute atomic E-state index is 5.81. The molecule has 1 aliphatic rings. The van der Waals surface area contributed by atoms with Crippen LogP contribution in [0.4, 0.5) is 0 Å². The fourth-order valence-corrected chi connectivity index (χ4v) is 2.51. The molecule has 0 aromatic heterocycles. The minimum absolute atomic E-state index is 0.708. The third kappa shape index (κ3) is 4.20. The lowest BCUT2D eigenvalue weighted by Gasteiger charge is -2.15. The number of hydrogen-bond donors (Lipinski definition) is 0. The molecule has 1 saturated heterocycles. The average molecular weight is 279 g/mol. The van der Waals surface area contributed by atoms with Gasteiger partial charge in [0.15, 0.2) is 0 Å². The number of benzene rings is 2. The largest absolute Gasteiger partial charge is 0.478 e. The maximum atomic E-state index is 5.81. The molecule has 1 heterocycles. The lowest BCUT2D eigenvalue weighted by Crippen LogP contribution is -2.24. The van der Waals surface area contributed by atoms with Gasteiger partial charge in [0.2, 0.25) is 0 Å². The molecular formula is C19H21NO. The van der Waals surface area contributed by atoms with Gasteiger partial charge >= 0.3 is 0 Å². The predicted molar refractivity (Wildman–Crippen MR) is 88.1 cm³/mol. The van der Waals surface area contributed by atoms with Crippen LogP contribution in [0.1, 0.15) is 24.0 Å². The van der Waals surface area contributed by atoms with Crippen molar-refractivity contribution in [2.24, 2.45) is 0 Å². The minimum atomic E-state index is 0.708. The first-order valence-corrected chi connectivity index (χ1v) is 7.58. The lowest BCUT2D eigenvalue weighted by molar-refractivity contribution is 0.152. The first-order chi connectivity index (χ1) is 10.4. The van der Waals surface area contributed by atoms with Crippen molar-refractivity contribution in [1.29, 1.82) is 0 Å². The van der Waals surface area contributed by atoms with Gasteiger partial charge in [0.25, 0.3) is 0 Å². The molecule has 2 nitrogen and oxygen atoms in total. The molecule has 2 aromatic rings. The van der Waals surface area contributed by atoms with Crippen molar-refractivity contribution in [2.45, 2.75) is 12.8 Å². The zero-order valence-corrected chi connectivity index (χ0v) is 12.2. The van der Waals surface area contributed by atoms with Gasteiger partial charge < -0.3 is 4.74 Å². The summed E-state index contributed by atoms with van der Waals surface area (Å²) in [4.78, 5) is 2.35. The van der Waals surface area contributed by atoms with E-state index in [-0.39, 0.29) is 0 Å². The zero-order chi connectivity index (χ0) is 14.3. The molecule has 1 aliphatic heterocycles. The molecule has 2 heteroatoms. The van der Waals surface area contributed by atoms with Gasteiger partial charge in [-0.2, -0.15) is 0 Å². The Morgan fingerprint density at radius 1 is 0.810 bits per heavy atom. The van der Waals surface area contributed by atoms with Crippen LogP contribution in [-0.2, 0) is 0 Å². The van der Waals surface area contributed by atoms with E-state index in [1.165, 1.54) is 24.0 Å². The first-order valence-electron chi connectivity index (χ1n) is 7.58. The Bertz CT molecular complexity index is 568. The Morgan fingerprint density at radius 2 is 1.43 bits per heavy atom. The monoisotopic (exact) mass is 279 g/mol. The molecule has 1 fully saturated rings. The fourth-order valence-electron chi connectivity index (χ4n) is 2.51. The highest BCUT2D eigenvalue weighted by atomic mass is 16.5. The van der Waals surface area contributed by atoms with Crippen LogP contribution < -0.4 is 4.74 Å². The molecule has 0 amide bonds. The second-order valence-electron chi connectivity index (χ2n) is 5.41. The average Bonchev–Trinajstić information content (AvgIpc) is 3.06. The van der Waals surface area contributed by atoms with Gasteiger partial charge in [-0.1, -0.05) is 54.6 Å². The number of nitrogens with zero attached hydrogens (tertiary/aromatic N) is 1. The summed E-state index contributed by atoms with van der Waals surface area (Å²) < 4.78 is 5.81. The fraction of sp³-hybridized carbons (Fsp3) is 0.263. The summed E-state index contributed by atoms with van der Waals surface area (Å²) in [5, 5.41) is 0. The third-order valence-electron chi connectivity index (χ3n) is 3.76. The van der Waals surface area contributed by atoms with Crippen LogP contribution in [0.2, 0.25) is 0 Å². The van der Waals surface area contributed by atoms with E-state index in [0.29, 0.717) is 6.73 Å². The lowest BCUT2D eigenvalue weighted by atomic mass is 10.1. The second-order valence-corrected chi connectivity index (χ2v) is 5.41. The topological polar surface area (TPSA) is 12.5 Å². The summed E-state index contributed by atoms with van der Waals surface area (Å²) in [7, 11) is 0. The van der Waals surface area contributed by atoms with Crippen LogP contribution in [0.15, 0.2) is 54.6 Å². The summed E-state index contributed by atoms with van der Waals surface area (Å²) in [6.45, 7) is 3.04. The van der Waals surface area contributed by atoms with E-state index in [1.54, 1.807) is 0 Å². The SMILES string of the molecule is C(=Cc1ccc(OCN2CCCC2)cc1)c1ccccc1. The van der Waals surface area contributed by atoms with E-state index in [0.717, 1.165) is 18.8 Å². The Labute approximate surface area is 126 Å². The Morgan fingerprint density at radius 3 is 2.10 bits per heavy atom. The van der Waals surface area contributed by atoms with Gasteiger partial charge in [0.05, 0.1) is 0 Å². The molecule has 3 rings (SSSR count). The van der Waals surface area contributed by atoms with Crippen molar-refractivity contribution in [3.8, 4) is 5.75 Å². The van der Waals surface area contributed by atoms with Gasteiger partial charge in [0, 0.05) is 13.1 Å². The maximum Gasteiger partial charge on any atom is 0.142 e. The van der Waals surface area contributed by atoms with Crippen molar-refractivity contribution in [3.63, 3.8) is 0 Å². The van der Waals surface area contributed by atoms with Crippen molar-refractivity contribution < 1.29 is 4.74 Å². The van der Waals surface area contributed by atoms with Gasteiger partial charge in [-0.15, -0.1) is 0 Å². The third-order valence-corrected chi connectivity index (χ3v) is 3.76.